The summed E-state index contributed by atoms with van der Waals surface area (Å²) < 4.78 is 16.1. The molecule has 3 heterocycles. The van der Waals surface area contributed by atoms with Gasteiger partial charge in [0.05, 0.1) is 20.3 Å². The van der Waals surface area contributed by atoms with Gasteiger partial charge in [-0.2, -0.15) is 0 Å². The highest BCUT2D eigenvalue weighted by molar-refractivity contribution is 5.91. The second-order valence-corrected chi connectivity index (χ2v) is 5.44. The Morgan fingerprint density at radius 3 is 2.96 bits per heavy atom. The summed E-state index contributed by atoms with van der Waals surface area (Å²) in [6.45, 7) is 4.76. The minimum atomic E-state index is -0.427. The van der Waals surface area contributed by atoms with Crippen LogP contribution in [0.2, 0.25) is 0 Å². The van der Waals surface area contributed by atoms with Crippen molar-refractivity contribution in [3.05, 3.63) is 29.6 Å². The Balaban J connectivity index is 1.81. The van der Waals surface area contributed by atoms with E-state index in [2.05, 4.69) is 20.5 Å². The number of nitrogens with one attached hydrogen (secondary N) is 1. The summed E-state index contributed by atoms with van der Waals surface area (Å²) in [5, 5.41) is 10.7. The van der Waals surface area contributed by atoms with E-state index in [1.54, 1.807) is 24.1 Å². The highest BCUT2D eigenvalue weighted by atomic mass is 16.5. The van der Waals surface area contributed by atoms with Crippen LogP contribution >= 0.6 is 0 Å². The fraction of sp³-hybridized carbons (Fsp3) is 0.467. The number of carbonyl (C=O) groups excluding carboxylic acids is 1. The van der Waals surface area contributed by atoms with E-state index in [9.17, 15) is 4.79 Å². The van der Waals surface area contributed by atoms with E-state index >= 15 is 0 Å². The number of amides is 2. The number of hydrogen-bond donors (Lipinski definition) is 1. The van der Waals surface area contributed by atoms with Gasteiger partial charge in [-0.15, -0.1) is 10.2 Å². The van der Waals surface area contributed by atoms with Crippen LogP contribution < -0.4 is 10.1 Å². The van der Waals surface area contributed by atoms with Crippen molar-refractivity contribution in [2.75, 3.05) is 32.2 Å². The summed E-state index contributed by atoms with van der Waals surface area (Å²) in [6.07, 6.45) is 1.67. The summed E-state index contributed by atoms with van der Waals surface area (Å²) in [5.74, 6) is 1.16. The maximum absolute atomic E-state index is 12.7. The number of methoxy groups -OCH3 is 1. The van der Waals surface area contributed by atoms with Crippen molar-refractivity contribution < 1.29 is 18.7 Å². The van der Waals surface area contributed by atoms with Gasteiger partial charge in [-0.25, -0.2) is 9.78 Å². The Kier molecular flexibility index (Phi) is 4.61. The first-order valence-electron chi connectivity index (χ1n) is 7.54. The standard InChI is InChI=1S/C15H19N5O4/c1-9-6-11(13(22-3)16-7-9)17-15(21)20-4-5-23-8-12(20)14-19-18-10(2)24-14/h6-7,12H,4-5,8H2,1-3H3,(H,17,21)/t12-/m0/s1. The number of urea groups is 1. The zero-order valence-electron chi connectivity index (χ0n) is 13.8. The van der Waals surface area contributed by atoms with E-state index in [1.807, 2.05) is 6.92 Å². The van der Waals surface area contributed by atoms with Gasteiger partial charge in [-0.05, 0) is 18.6 Å². The third kappa shape index (κ3) is 3.30. The summed E-state index contributed by atoms with van der Waals surface area (Å²) in [7, 11) is 1.51. The molecule has 1 fully saturated rings. The van der Waals surface area contributed by atoms with Crippen LogP contribution in [0.15, 0.2) is 16.7 Å². The van der Waals surface area contributed by atoms with Gasteiger partial charge in [0.1, 0.15) is 11.7 Å². The molecule has 2 amide bonds. The van der Waals surface area contributed by atoms with Gasteiger partial charge in [0.25, 0.3) is 0 Å². The molecular weight excluding hydrogens is 314 g/mol. The second kappa shape index (κ2) is 6.83. The molecule has 1 aliphatic rings. The third-order valence-corrected chi connectivity index (χ3v) is 3.64. The van der Waals surface area contributed by atoms with Crippen molar-refractivity contribution in [1.29, 1.82) is 0 Å². The quantitative estimate of drug-likeness (QED) is 0.911. The number of ether oxygens (including phenoxy) is 2. The molecule has 0 radical (unpaired) electrons. The van der Waals surface area contributed by atoms with Crippen LogP contribution in [-0.4, -0.2) is 53.0 Å². The fourth-order valence-electron chi connectivity index (χ4n) is 2.49. The monoisotopic (exact) mass is 333 g/mol. The summed E-state index contributed by atoms with van der Waals surface area (Å²) in [4.78, 5) is 18.5. The van der Waals surface area contributed by atoms with Crippen LogP contribution in [0.25, 0.3) is 0 Å². The second-order valence-electron chi connectivity index (χ2n) is 5.44. The maximum atomic E-state index is 12.7. The van der Waals surface area contributed by atoms with Gasteiger partial charge in [0.2, 0.25) is 17.7 Å². The van der Waals surface area contributed by atoms with Gasteiger partial charge >= 0.3 is 6.03 Å². The molecule has 1 saturated heterocycles. The van der Waals surface area contributed by atoms with Crippen LogP contribution in [0.4, 0.5) is 10.5 Å². The molecule has 1 atom stereocenters. The molecule has 0 aromatic carbocycles. The smallest absolute Gasteiger partial charge is 0.322 e. The Hall–Kier alpha value is -2.68. The first kappa shape index (κ1) is 16.2. The van der Waals surface area contributed by atoms with Gasteiger partial charge in [-0.1, -0.05) is 0 Å². The minimum absolute atomic E-state index is 0.301. The molecule has 1 aliphatic heterocycles. The van der Waals surface area contributed by atoms with E-state index < -0.39 is 6.04 Å². The van der Waals surface area contributed by atoms with E-state index in [0.29, 0.717) is 43.1 Å². The van der Waals surface area contributed by atoms with Crippen molar-refractivity contribution in [2.24, 2.45) is 0 Å². The van der Waals surface area contributed by atoms with E-state index in [-0.39, 0.29) is 6.03 Å². The van der Waals surface area contributed by atoms with Crippen molar-refractivity contribution in [2.45, 2.75) is 19.9 Å². The normalized spacial score (nSPS) is 17.6. The van der Waals surface area contributed by atoms with Gasteiger partial charge < -0.3 is 24.1 Å². The van der Waals surface area contributed by atoms with Crippen LogP contribution in [0.3, 0.4) is 0 Å². The van der Waals surface area contributed by atoms with Crippen molar-refractivity contribution >= 4 is 11.7 Å². The SMILES string of the molecule is COc1ncc(C)cc1NC(=O)N1CCOC[C@H]1c1nnc(C)o1. The Bertz CT molecular complexity index is 732. The van der Waals surface area contributed by atoms with E-state index in [0.717, 1.165) is 5.56 Å². The average Bonchev–Trinajstić information content (AvgIpc) is 3.01. The average molecular weight is 333 g/mol. The van der Waals surface area contributed by atoms with Crippen molar-refractivity contribution in [1.82, 2.24) is 20.1 Å². The number of aryl methyl sites for hydroxylation is 2. The van der Waals surface area contributed by atoms with Crippen LogP contribution in [0.1, 0.15) is 23.4 Å². The molecule has 0 aliphatic carbocycles. The summed E-state index contributed by atoms with van der Waals surface area (Å²) in [5.41, 5.74) is 1.42. The molecular formula is C15H19N5O4. The number of hydrogen-bond acceptors (Lipinski definition) is 7. The predicted octanol–water partition coefficient (Wildman–Crippen LogP) is 1.70. The fourth-order valence-corrected chi connectivity index (χ4v) is 2.49. The molecule has 24 heavy (non-hydrogen) atoms. The largest absolute Gasteiger partial charge is 0.480 e. The highest BCUT2D eigenvalue weighted by Gasteiger charge is 2.33. The molecule has 2 aromatic rings. The van der Waals surface area contributed by atoms with Crippen molar-refractivity contribution in [3.63, 3.8) is 0 Å². The zero-order chi connectivity index (χ0) is 17.1. The van der Waals surface area contributed by atoms with Crippen LogP contribution in [0.5, 0.6) is 5.88 Å². The van der Waals surface area contributed by atoms with Crippen LogP contribution in [-0.2, 0) is 4.74 Å². The lowest BCUT2D eigenvalue weighted by molar-refractivity contribution is 0.00510. The molecule has 1 N–H and O–H groups in total. The molecule has 3 rings (SSSR count). The number of anilines is 1. The number of rotatable bonds is 3. The maximum Gasteiger partial charge on any atom is 0.322 e. The Morgan fingerprint density at radius 1 is 1.42 bits per heavy atom. The molecule has 9 nitrogen and oxygen atoms in total. The lowest BCUT2D eigenvalue weighted by atomic mass is 10.2. The van der Waals surface area contributed by atoms with Crippen molar-refractivity contribution in [3.8, 4) is 5.88 Å². The predicted molar refractivity (Wildman–Crippen MR) is 83.8 cm³/mol. The lowest BCUT2D eigenvalue weighted by Gasteiger charge is -2.33. The highest BCUT2D eigenvalue weighted by Crippen LogP contribution is 2.26. The molecule has 9 heteroatoms. The molecule has 2 aromatic heterocycles. The molecule has 128 valence electrons. The number of nitrogens with zero attached hydrogens (tertiary/aromatic N) is 4. The minimum Gasteiger partial charge on any atom is -0.480 e. The summed E-state index contributed by atoms with van der Waals surface area (Å²) >= 11 is 0. The van der Waals surface area contributed by atoms with Gasteiger partial charge in [0.15, 0.2) is 0 Å². The van der Waals surface area contributed by atoms with Gasteiger partial charge in [-0.3, -0.25) is 0 Å². The van der Waals surface area contributed by atoms with E-state index in [1.165, 1.54) is 7.11 Å². The molecule has 0 unspecified atom stereocenters. The Labute approximate surface area is 139 Å². The molecule has 0 bridgehead atoms. The number of aromatic nitrogens is 3. The summed E-state index contributed by atoms with van der Waals surface area (Å²) in [6, 6.07) is 1.07. The first-order valence-corrected chi connectivity index (χ1v) is 7.54. The Morgan fingerprint density at radius 2 is 2.25 bits per heavy atom. The number of pyridine rings is 1. The van der Waals surface area contributed by atoms with E-state index in [4.69, 9.17) is 13.9 Å². The topological polar surface area (TPSA) is 103 Å². The zero-order valence-corrected chi connectivity index (χ0v) is 13.8. The molecule has 0 spiro atoms. The number of morpholine rings is 1. The first-order chi connectivity index (χ1) is 11.6. The van der Waals surface area contributed by atoms with Crippen LogP contribution in [0, 0.1) is 13.8 Å². The third-order valence-electron chi connectivity index (χ3n) is 3.64. The lowest BCUT2D eigenvalue weighted by Crippen LogP contribution is -2.45. The van der Waals surface area contributed by atoms with Gasteiger partial charge in [0, 0.05) is 19.7 Å². The molecule has 0 saturated carbocycles. The number of carbonyl (C=O) groups is 1.